The van der Waals surface area contributed by atoms with E-state index in [1.165, 1.54) is 21.7 Å². The summed E-state index contributed by atoms with van der Waals surface area (Å²) in [6, 6.07) is 19.1. The first-order valence-electron chi connectivity index (χ1n) is 10.7. The molecule has 0 aromatic heterocycles. The molecule has 0 atom stereocenters. The third-order valence-corrected chi connectivity index (χ3v) is 6.06. The lowest BCUT2D eigenvalue weighted by atomic mass is 10.0. The van der Waals surface area contributed by atoms with Gasteiger partial charge in [-0.2, -0.15) is 0 Å². The number of rotatable bonds is 4. The number of piperazine rings is 1. The second-order valence-corrected chi connectivity index (χ2v) is 7.95. The van der Waals surface area contributed by atoms with Gasteiger partial charge in [-0.05, 0) is 25.5 Å². The molecule has 1 fully saturated rings. The molecule has 0 unspecified atom stereocenters. The second-order valence-electron chi connectivity index (χ2n) is 7.95. The number of hydrogen-bond donors (Lipinski definition) is 0. The van der Waals surface area contributed by atoms with E-state index in [0.717, 1.165) is 26.2 Å². The predicted molar refractivity (Wildman–Crippen MR) is 123 cm³/mol. The van der Waals surface area contributed by atoms with E-state index in [4.69, 9.17) is 0 Å². The summed E-state index contributed by atoms with van der Waals surface area (Å²) in [6.45, 7) is 7.94. The van der Waals surface area contributed by atoms with E-state index in [2.05, 4.69) is 70.2 Å². The van der Waals surface area contributed by atoms with E-state index in [9.17, 15) is 9.59 Å². The molecule has 0 N–H and O–H groups in total. The van der Waals surface area contributed by atoms with Gasteiger partial charge in [-0.25, -0.2) is 0 Å². The Hall–Kier alpha value is -3.36. The number of carbonyl (C=O) groups excluding carboxylic acids is 2. The Kier molecular flexibility index (Phi) is 6.20. The van der Waals surface area contributed by atoms with Gasteiger partial charge < -0.3 is 4.90 Å². The molecule has 2 amide bonds. The summed E-state index contributed by atoms with van der Waals surface area (Å²) in [5, 5.41) is 0. The number of nitrogens with zero attached hydrogens (tertiary/aromatic N) is 3. The van der Waals surface area contributed by atoms with Crippen LogP contribution in [0.4, 0.5) is 5.69 Å². The van der Waals surface area contributed by atoms with E-state index in [0.29, 0.717) is 17.7 Å². The summed E-state index contributed by atoms with van der Waals surface area (Å²) in [6.07, 6.45) is 0. The lowest BCUT2D eigenvalue weighted by Crippen LogP contribution is -2.46. The van der Waals surface area contributed by atoms with Crippen LogP contribution in [0.5, 0.6) is 0 Å². The van der Waals surface area contributed by atoms with E-state index >= 15 is 0 Å². The van der Waals surface area contributed by atoms with Crippen molar-refractivity contribution >= 4 is 17.5 Å². The van der Waals surface area contributed by atoms with Crippen molar-refractivity contribution < 1.29 is 9.59 Å². The van der Waals surface area contributed by atoms with Crippen LogP contribution in [0.2, 0.25) is 0 Å². The predicted octanol–water partition coefficient (Wildman–Crippen LogP) is 3.18. The van der Waals surface area contributed by atoms with Gasteiger partial charge in [0, 0.05) is 48.6 Å². The van der Waals surface area contributed by atoms with Crippen LogP contribution < -0.4 is 4.90 Å². The molecule has 0 saturated carbocycles. The third-order valence-electron chi connectivity index (χ3n) is 6.06. The molecule has 2 aromatic rings. The highest BCUT2D eigenvalue weighted by atomic mass is 16.2. The van der Waals surface area contributed by atoms with Gasteiger partial charge in [0.05, 0.1) is 13.1 Å². The SMILES string of the molecule is CC1=C(C)C(=O)N(CC#CCN2CCN(c3ccccc3-c3ccccc3)CC2)C1=O. The average molecular weight is 414 g/mol. The van der Waals surface area contributed by atoms with Crippen LogP contribution in [0.3, 0.4) is 0 Å². The van der Waals surface area contributed by atoms with Gasteiger partial charge in [-0.15, -0.1) is 0 Å². The molecule has 5 nitrogen and oxygen atoms in total. The molecule has 0 radical (unpaired) electrons. The average Bonchev–Trinajstić information content (AvgIpc) is 3.00. The third kappa shape index (κ3) is 4.40. The minimum Gasteiger partial charge on any atom is -0.368 e. The highest BCUT2D eigenvalue weighted by molar-refractivity contribution is 6.18. The maximum Gasteiger partial charge on any atom is 0.257 e. The standard InChI is InChI=1S/C26H27N3O2/c1-20-21(2)26(31)29(25(20)30)15-9-8-14-27-16-18-28(19-17-27)24-13-7-6-12-23(24)22-10-4-3-5-11-22/h3-7,10-13H,14-19H2,1-2H3. The first-order valence-corrected chi connectivity index (χ1v) is 10.7. The molecule has 2 heterocycles. The van der Waals surface area contributed by atoms with Crippen molar-refractivity contribution in [3.8, 4) is 23.0 Å². The van der Waals surface area contributed by atoms with Gasteiger partial charge in [0.1, 0.15) is 0 Å². The molecule has 0 aliphatic carbocycles. The summed E-state index contributed by atoms with van der Waals surface area (Å²) in [7, 11) is 0. The van der Waals surface area contributed by atoms with Gasteiger partial charge in [-0.3, -0.25) is 19.4 Å². The van der Waals surface area contributed by atoms with E-state index < -0.39 is 0 Å². The summed E-state index contributed by atoms with van der Waals surface area (Å²) < 4.78 is 0. The van der Waals surface area contributed by atoms with Crippen LogP contribution in [0.25, 0.3) is 11.1 Å². The number of para-hydroxylation sites is 1. The quantitative estimate of drug-likeness (QED) is 0.570. The van der Waals surface area contributed by atoms with Gasteiger partial charge in [0.15, 0.2) is 0 Å². The van der Waals surface area contributed by atoms with E-state index in [1.807, 2.05) is 6.07 Å². The smallest absolute Gasteiger partial charge is 0.257 e. The fraction of sp³-hybridized carbons (Fsp3) is 0.308. The van der Waals surface area contributed by atoms with Crippen molar-refractivity contribution in [1.29, 1.82) is 0 Å². The van der Waals surface area contributed by atoms with Crippen molar-refractivity contribution in [2.24, 2.45) is 0 Å². The monoisotopic (exact) mass is 413 g/mol. The highest BCUT2D eigenvalue weighted by Crippen LogP contribution is 2.31. The minimum atomic E-state index is -0.220. The Morgan fingerprint density at radius 2 is 1.32 bits per heavy atom. The molecule has 158 valence electrons. The largest absolute Gasteiger partial charge is 0.368 e. The zero-order valence-corrected chi connectivity index (χ0v) is 18.1. The van der Waals surface area contributed by atoms with E-state index in [1.54, 1.807) is 13.8 Å². The van der Waals surface area contributed by atoms with Crippen molar-refractivity contribution in [3.05, 3.63) is 65.7 Å². The maximum atomic E-state index is 12.1. The molecule has 4 rings (SSSR count). The lowest BCUT2D eigenvalue weighted by molar-refractivity contribution is -0.136. The Labute approximate surface area is 183 Å². The summed E-state index contributed by atoms with van der Waals surface area (Å²) >= 11 is 0. The number of benzene rings is 2. The van der Waals surface area contributed by atoms with Crippen molar-refractivity contribution in [2.75, 3.05) is 44.2 Å². The van der Waals surface area contributed by atoms with Crippen molar-refractivity contribution in [1.82, 2.24) is 9.80 Å². The Balaban J connectivity index is 1.32. The molecule has 2 aliphatic heterocycles. The van der Waals surface area contributed by atoms with Gasteiger partial charge in [-0.1, -0.05) is 60.4 Å². The first kappa shape index (κ1) is 20.9. The van der Waals surface area contributed by atoms with Crippen molar-refractivity contribution in [2.45, 2.75) is 13.8 Å². The van der Waals surface area contributed by atoms with Gasteiger partial charge >= 0.3 is 0 Å². The minimum absolute atomic E-state index is 0.163. The van der Waals surface area contributed by atoms with Crippen LogP contribution in [-0.2, 0) is 9.59 Å². The van der Waals surface area contributed by atoms with Crippen LogP contribution in [-0.4, -0.2) is 60.9 Å². The fourth-order valence-electron chi connectivity index (χ4n) is 4.02. The summed E-state index contributed by atoms with van der Waals surface area (Å²) in [5.41, 5.74) is 4.81. The lowest BCUT2D eigenvalue weighted by Gasteiger charge is -2.36. The normalized spacial score (nSPS) is 17.2. The fourth-order valence-corrected chi connectivity index (χ4v) is 4.02. The van der Waals surface area contributed by atoms with Crippen LogP contribution in [0.1, 0.15) is 13.8 Å². The van der Waals surface area contributed by atoms with Gasteiger partial charge in [0.25, 0.3) is 11.8 Å². The molecule has 31 heavy (non-hydrogen) atoms. The van der Waals surface area contributed by atoms with Crippen LogP contribution in [0.15, 0.2) is 65.7 Å². The molecule has 5 heteroatoms. The Morgan fingerprint density at radius 1 is 0.742 bits per heavy atom. The van der Waals surface area contributed by atoms with Gasteiger partial charge in [0.2, 0.25) is 0 Å². The molecule has 0 spiro atoms. The molecule has 0 bridgehead atoms. The Bertz CT molecular complexity index is 1050. The Morgan fingerprint density at radius 3 is 2.00 bits per heavy atom. The van der Waals surface area contributed by atoms with Crippen LogP contribution in [0, 0.1) is 11.8 Å². The van der Waals surface area contributed by atoms with Crippen LogP contribution >= 0.6 is 0 Å². The molecule has 1 saturated heterocycles. The number of hydrogen-bond acceptors (Lipinski definition) is 4. The maximum absolute atomic E-state index is 12.1. The first-order chi connectivity index (χ1) is 15.1. The number of amides is 2. The number of anilines is 1. The zero-order chi connectivity index (χ0) is 21.8. The molecular weight excluding hydrogens is 386 g/mol. The molecular formula is C26H27N3O2. The summed E-state index contributed by atoms with van der Waals surface area (Å²) in [4.78, 5) is 30.2. The topological polar surface area (TPSA) is 43.9 Å². The molecule has 2 aromatic carbocycles. The number of carbonyl (C=O) groups is 2. The zero-order valence-electron chi connectivity index (χ0n) is 18.1. The second kappa shape index (κ2) is 9.20. The van der Waals surface area contributed by atoms with E-state index in [-0.39, 0.29) is 18.4 Å². The molecule has 2 aliphatic rings. The van der Waals surface area contributed by atoms with Crippen molar-refractivity contribution in [3.63, 3.8) is 0 Å². The number of imide groups is 1. The highest BCUT2D eigenvalue weighted by Gasteiger charge is 2.32. The summed E-state index contributed by atoms with van der Waals surface area (Å²) in [5.74, 6) is 5.70.